The Labute approximate surface area is 198 Å². The van der Waals surface area contributed by atoms with E-state index in [1.54, 1.807) is 24.3 Å². The molecule has 0 saturated carbocycles. The molecule has 2 aromatic rings. The lowest BCUT2D eigenvalue weighted by Gasteiger charge is -2.34. The van der Waals surface area contributed by atoms with Crippen LogP contribution >= 0.6 is 0 Å². The van der Waals surface area contributed by atoms with Crippen molar-refractivity contribution in [2.24, 2.45) is 0 Å². The van der Waals surface area contributed by atoms with Gasteiger partial charge >= 0.3 is 6.03 Å². The fraction of sp³-hybridized carbons (Fsp3) is 0.375. The average Bonchev–Trinajstić information content (AvgIpc) is 3.32. The van der Waals surface area contributed by atoms with Crippen molar-refractivity contribution in [3.63, 3.8) is 0 Å². The van der Waals surface area contributed by atoms with Crippen LogP contribution in [0.15, 0.2) is 54.6 Å². The zero-order chi connectivity index (χ0) is 23.9. The largest absolute Gasteiger partial charge is 0.338 e. The van der Waals surface area contributed by atoms with E-state index in [-0.39, 0.29) is 44.4 Å². The number of hydrogen-bond acceptors (Lipinski definition) is 5. The average molecular weight is 483 g/mol. The van der Waals surface area contributed by atoms with Crippen LogP contribution in [0.5, 0.6) is 0 Å². The topological polar surface area (TPSA) is 107 Å². The summed E-state index contributed by atoms with van der Waals surface area (Å²) in [6, 6.07) is 15.9. The lowest BCUT2D eigenvalue weighted by atomic mass is 9.92. The molecule has 2 aliphatic heterocycles. The summed E-state index contributed by atoms with van der Waals surface area (Å²) < 4.78 is 26.9. The molecule has 4 amide bonds. The van der Waals surface area contributed by atoms with Crippen LogP contribution in [0.1, 0.15) is 23.1 Å². The number of fused-ring (bicyclic) bond motifs is 2. The minimum absolute atomic E-state index is 0.0895. The SMILES string of the molecule is O=C(CN1C(=O)N[C@@]2(CCc3ccccc32)C1=O)N1CCN(S(=O)(=O)Cc2ccccc2)CC1. The summed E-state index contributed by atoms with van der Waals surface area (Å²) in [6.45, 7) is 0.428. The monoisotopic (exact) mass is 482 g/mol. The second-order valence-electron chi connectivity index (χ2n) is 8.91. The number of imide groups is 1. The van der Waals surface area contributed by atoms with E-state index in [0.29, 0.717) is 18.4 Å². The molecule has 5 rings (SSSR count). The Morgan fingerprint density at radius 3 is 2.35 bits per heavy atom. The van der Waals surface area contributed by atoms with Crippen LogP contribution in [0, 0.1) is 0 Å². The maximum atomic E-state index is 13.3. The first-order chi connectivity index (χ1) is 16.3. The van der Waals surface area contributed by atoms with Gasteiger partial charge in [-0.1, -0.05) is 54.6 Å². The number of benzene rings is 2. The number of nitrogens with zero attached hydrogens (tertiary/aromatic N) is 3. The number of amides is 4. The smallest absolute Gasteiger partial charge is 0.325 e. The summed E-state index contributed by atoms with van der Waals surface area (Å²) in [4.78, 5) is 41.4. The van der Waals surface area contributed by atoms with E-state index in [0.717, 1.165) is 16.0 Å². The van der Waals surface area contributed by atoms with Gasteiger partial charge < -0.3 is 10.2 Å². The van der Waals surface area contributed by atoms with E-state index < -0.39 is 27.5 Å². The van der Waals surface area contributed by atoms with Crippen molar-refractivity contribution in [2.45, 2.75) is 24.1 Å². The van der Waals surface area contributed by atoms with E-state index in [1.165, 1.54) is 9.21 Å². The van der Waals surface area contributed by atoms with Gasteiger partial charge in [0.2, 0.25) is 15.9 Å². The number of hydrogen-bond donors (Lipinski definition) is 1. The van der Waals surface area contributed by atoms with Gasteiger partial charge in [-0.05, 0) is 29.5 Å². The second kappa shape index (κ2) is 8.52. The maximum absolute atomic E-state index is 13.3. The Balaban J connectivity index is 1.21. The number of piperazine rings is 1. The minimum atomic E-state index is -3.50. The third-order valence-electron chi connectivity index (χ3n) is 6.89. The van der Waals surface area contributed by atoms with Crippen LogP contribution < -0.4 is 5.32 Å². The molecule has 34 heavy (non-hydrogen) atoms. The number of nitrogens with one attached hydrogen (secondary N) is 1. The summed E-state index contributed by atoms with van der Waals surface area (Å²) in [5.41, 5.74) is 1.43. The Morgan fingerprint density at radius 1 is 0.941 bits per heavy atom. The molecule has 2 saturated heterocycles. The Kier molecular flexibility index (Phi) is 5.65. The van der Waals surface area contributed by atoms with E-state index in [1.807, 2.05) is 30.3 Å². The van der Waals surface area contributed by atoms with Crippen LogP contribution in [0.25, 0.3) is 0 Å². The van der Waals surface area contributed by atoms with Crippen LogP contribution in [0.3, 0.4) is 0 Å². The normalized spacial score (nSPS) is 22.8. The molecule has 1 spiro atoms. The first kappa shape index (κ1) is 22.5. The Morgan fingerprint density at radius 2 is 1.62 bits per heavy atom. The van der Waals surface area contributed by atoms with Crippen molar-refractivity contribution in [3.05, 3.63) is 71.3 Å². The van der Waals surface area contributed by atoms with Gasteiger partial charge in [0.05, 0.1) is 5.75 Å². The molecular weight excluding hydrogens is 456 g/mol. The second-order valence-corrected chi connectivity index (χ2v) is 10.9. The molecule has 0 bridgehead atoms. The molecule has 10 heteroatoms. The van der Waals surface area contributed by atoms with Crippen LogP contribution in [-0.2, 0) is 37.3 Å². The predicted octanol–water partition coefficient (Wildman–Crippen LogP) is 1.05. The van der Waals surface area contributed by atoms with E-state index in [4.69, 9.17) is 0 Å². The number of rotatable bonds is 5. The third kappa shape index (κ3) is 3.86. The number of carbonyl (C=O) groups excluding carboxylic acids is 3. The van der Waals surface area contributed by atoms with Gasteiger partial charge in [0, 0.05) is 26.2 Å². The van der Waals surface area contributed by atoms with Gasteiger partial charge in [-0.15, -0.1) is 0 Å². The van der Waals surface area contributed by atoms with Crippen molar-refractivity contribution in [3.8, 4) is 0 Å². The highest BCUT2D eigenvalue weighted by Gasteiger charge is 2.55. The van der Waals surface area contributed by atoms with Gasteiger partial charge in [-0.2, -0.15) is 4.31 Å². The minimum Gasteiger partial charge on any atom is -0.338 e. The third-order valence-corrected chi connectivity index (χ3v) is 8.74. The molecule has 2 heterocycles. The highest BCUT2D eigenvalue weighted by atomic mass is 32.2. The molecule has 0 radical (unpaired) electrons. The van der Waals surface area contributed by atoms with Crippen molar-refractivity contribution in [2.75, 3.05) is 32.7 Å². The summed E-state index contributed by atoms with van der Waals surface area (Å²) in [5, 5.41) is 2.82. The summed E-state index contributed by atoms with van der Waals surface area (Å²) in [7, 11) is -3.50. The molecule has 1 atom stereocenters. The lowest BCUT2D eigenvalue weighted by Crippen LogP contribution is -2.53. The first-order valence-electron chi connectivity index (χ1n) is 11.3. The number of urea groups is 1. The summed E-state index contributed by atoms with van der Waals surface area (Å²) in [6.07, 6.45) is 1.16. The van der Waals surface area contributed by atoms with E-state index in [9.17, 15) is 22.8 Å². The van der Waals surface area contributed by atoms with E-state index in [2.05, 4.69) is 5.32 Å². The summed E-state index contributed by atoms with van der Waals surface area (Å²) in [5.74, 6) is -0.861. The molecule has 1 N–H and O–H groups in total. The molecule has 0 aromatic heterocycles. The lowest BCUT2D eigenvalue weighted by molar-refractivity contribution is -0.139. The molecule has 178 valence electrons. The fourth-order valence-corrected chi connectivity index (χ4v) is 6.58. The molecular formula is C24H26N4O5S. The standard InChI is InChI=1S/C24H26N4O5S/c29-21(26-12-14-27(15-13-26)34(32,33)17-18-6-2-1-3-7-18)16-28-22(30)24(25-23(28)31)11-10-19-8-4-5-9-20(19)24/h1-9H,10-17H2,(H,25,31)/t24-/m1/s1. The number of carbonyl (C=O) groups is 3. The van der Waals surface area contributed by atoms with Gasteiger partial charge in [0.1, 0.15) is 12.1 Å². The molecule has 1 aliphatic carbocycles. The Bertz CT molecular complexity index is 1240. The number of aryl methyl sites for hydroxylation is 1. The Hall–Kier alpha value is -3.24. The van der Waals surface area contributed by atoms with Crippen molar-refractivity contribution in [1.82, 2.24) is 19.4 Å². The highest BCUT2D eigenvalue weighted by Crippen LogP contribution is 2.41. The number of sulfonamides is 1. The molecule has 0 unspecified atom stereocenters. The quantitative estimate of drug-likeness (QED) is 0.642. The zero-order valence-corrected chi connectivity index (χ0v) is 19.5. The maximum Gasteiger partial charge on any atom is 0.325 e. The molecule has 2 aromatic carbocycles. The van der Waals surface area contributed by atoms with Gasteiger partial charge in [0.15, 0.2) is 0 Å². The zero-order valence-electron chi connectivity index (χ0n) is 18.6. The van der Waals surface area contributed by atoms with Gasteiger partial charge in [-0.25, -0.2) is 13.2 Å². The van der Waals surface area contributed by atoms with Crippen molar-refractivity contribution >= 4 is 27.9 Å². The van der Waals surface area contributed by atoms with Crippen LogP contribution in [0.2, 0.25) is 0 Å². The molecule has 2 fully saturated rings. The molecule has 3 aliphatic rings. The molecule has 9 nitrogen and oxygen atoms in total. The van der Waals surface area contributed by atoms with Crippen LogP contribution in [0.4, 0.5) is 4.79 Å². The highest BCUT2D eigenvalue weighted by molar-refractivity contribution is 7.88. The fourth-order valence-electron chi connectivity index (χ4n) is 5.06. The van der Waals surface area contributed by atoms with Crippen molar-refractivity contribution < 1.29 is 22.8 Å². The van der Waals surface area contributed by atoms with Crippen molar-refractivity contribution in [1.29, 1.82) is 0 Å². The predicted molar refractivity (Wildman–Crippen MR) is 124 cm³/mol. The van der Waals surface area contributed by atoms with E-state index >= 15 is 0 Å². The van der Waals surface area contributed by atoms with Gasteiger partial charge in [0.25, 0.3) is 5.91 Å². The van der Waals surface area contributed by atoms with Gasteiger partial charge in [-0.3, -0.25) is 14.5 Å². The van der Waals surface area contributed by atoms with Crippen LogP contribution in [-0.4, -0.2) is 73.1 Å². The summed E-state index contributed by atoms with van der Waals surface area (Å²) >= 11 is 0. The first-order valence-corrected chi connectivity index (χ1v) is 12.9.